The van der Waals surface area contributed by atoms with E-state index in [0.717, 1.165) is 0 Å². The molecular weight excluding hydrogens is 131 g/mol. The zero-order chi connectivity index (χ0) is 5.70. The van der Waals surface area contributed by atoms with E-state index in [1.807, 2.05) is 13.8 Å². The molecule has 0 saturated heterocycles. The van der Waals surface area contributed by atoms with Gasteiger partial charge in [-0.15, -0.1) is 0 Å². The van der Waals surface area contributed by atoms with E-state index in [1.54, 1.807) is 6.21 Å². The second-order valence-electron chi connectivity index (χ2n) is 1.60. The summed E-state index contributed by atoms with van der Waals surface area (Å²) in [6.45, 7) is 3.91. The Morgan fingerprint density at radius 1 is 1.62 bits per heavy atom. The fourth-order valence-electron chi connectivity index (χ4n) is 0.163. The Balaban J connectivity index is 0. The van der Waals surface area contributed by atoms with E-state index >= 15 is 0 Å². The topological polar surface area (TPSA) is 46.7 Å². The zero-order valence-corrected chi connectivity index (χ0v) is 8.62. The third-order valence-corrected chi connectivity index (χ3v) is 0.416. The minimum atomic E-state index is 0. The van der Waals surface area contributed by atoms with Crippen molar-refractivity contribution in [2.24, 2.45) is 11.0 Å². The Bertz CT molecular complexity index is 65.1. The van der Waals surface area contributed by atoms with E-state index in [4.69, 9.17) is 5.21 Å². The van der Waals surface area contributed by atoms with Crippen LogP contribution in [0, 0.1) is 5.92 Å². The standard InChI is InChI=1S/C4H9N2O.K/c1-4(2)3-5-6-7;/h3-4,7H,1-2H3;/q-1;+1/b5-3+;. The molecular formula is C4H9KN2O. The summed E-state index contributed by atoms with van der Waals surface area (Å²) in [7, 11) is 0. The van der Waals surface area contributed by atoms with Gasteiger partial charge in [0, 0.05) is 0 Å². The summed E-state index contributed by atoms with van der Waals surface area (Å²) in [6.07, 6.45) is 1.56. The predicted octanol–water partition coefficient (Wildman–Crippen LogP) is -1.60. The molecule has 0 aromatic rings. The van der Waals surface area contributed by atoms with Crippen LogP contribution in [0.2, 0.25) is 0 Å². The number of nitrogens with zero attached hydrogens (tertiary/aromatic N) is 2. The van der Waals surface area contributed by atoms with Crippen molar-refractivity contribution in [3.8, 4) is 0 Å². The van der Waals surface area contributed by atoms with Crippen LogP contribution in [0.25, 0.3) is 5.59 Å². The van der Waals surface area contributed by atoms with Gasteiger partial charge in [-0.3, -0.25) is 0 Å². The molecule has 0 radical (unpaired) electrons. The van der Waals surface area contributed by atoms with Crippen LogP contribution in [0.5, 0.6) is 0 Å². The third-order valence-electron chi connectivity index (χ3n) is 0.416. The van der Waals surface area contributed by atoms with E-state index in [-0.39, 0.29) is 51.4 Å². The molecule has 3 nitrogen and oxygen atoms in total. The van der Waals surface area contributed by atoms with Crippen molar-refractivity contribution in [2.45, 2.75) is 13.8 Å². The molecule has 0 aliphatic rings. The fraction of sp³-hybridized carbons (Fsp3) is 0.750. The molecule has 0 amide bonds. The Morgan fingerprint density at radius 3 is 2.25 bits per heavy atom. The van der Waals surface area contributed by atoms with Crippen LogP contribution in [0.15, 0.2) is 5.10 Å². The summed E-state index contributed by atoms with van der Waals surface area (Å²) >= 11 is 0. The molecule has 0 spiro atoms. The van der Waals surface area contributed by atoms with Crippen LogP contribution < -0.4 is 51.4 Å². The average molecular weight is 140 g/mol. The first-order valence-corrected chi connectivity index (χ1v) is 2.15. The molecule has 0 aromatic heterocycles. The third kappa shape index (κ3) is 10.1. The summed E-state index contributed by atoms with van der Waals surface area (Å²) in [5.74, 6) is 0.357. The zero-order valence-electron chi connectivity index (χ0n) is 5.50. The predicted molar refractivity (Wildman–Crippen MR) is 28.5 cm³/mol. The maximum Gasteiger partial charge on any atom is 1.00 e. The van der Waals surface area contributed by atoms with Crippen molar-refractivity contribution in [3.05, 3.63) is 5.59 Å². The van der Waals surface area contributed by atoms with E-state index in [9.17, 15) is 0 Å². The van der Waals surface area contributed by atoms with Gasteiger partial charge in [0.05, 0.1) is 0 Å². The second kappa shape index (κ2) is 8.07. The molecule has 0 unspecified atom stereocenters. The van der Waals surface area contributed by atoms with Gasteiger partial charge in [-0.05, 0) is 12.1 Å². The van der Waals surface area contributed by atoms with Crippen LogP contribution in [-0.2, 0) is 0 Å². The second-order valence-corrected chi connectivity index (χ2v) is 1.60. The van der Waals surface area contributed by atoms with Gasteiger partial charge in [-0.2, -0.15) is 0 Å². The largest absolute Gasteiger partial charge is 1.00 e. The van der Waals surface area contributed by atoms with Crippen LogP contribution >= 0.6 is 0 Å². The van der Waals surface area contributed by atoms with Gasteiger partial charge in [0.1, 0.15) is 0 Å². The molecule has 8 heavy (non-hydrogen) atoms. The molecule has 4 heteroatoms. The minimum absolute atomic E-state index is 0. The van der Waals surface area contributed by atoms with Crippen LogP contribution in [-0.4, -0.2) is 11.4 Å². The first-order valence-electron chi connectivity index (χ1n) is 2.15. The number of hydrogen-bond acceptors (Lipinski definition) is 2. The van der Waals surface area contributed by atoms with Gasteiger partial charge in [0.25, 0.3) is 0 Å². The smallest absolute Gasteiger partial charge is 0.483 e. The van der Waals surface area contributed by atoms with Crippen molar-refractivity contribution >= 4 is 6.21 Å². The Hall–Kier alpha value is 1.07. The maximum absolute atomic E-state index is 7.74. The quantitative estimate of drug-likeness (QED) is 0.280. The summed E-state index contributed by atoms with van der Waals surface area (Å²) in [5.41, 5.74) is 2.55. The van der Waals surface area contributed by atoms with Crippen molar-refractivity contribution in [3.63, 3.8) is 0 Å². The molecule has 1 N–H and O–H groups in total. The maximum atomic E-state index is 7.74. The van der Waals surface area contributed by atoms with Crippen molar-refractivity contribution in [1.29, 1.82) is 0 Å². The first-order chi connectivity index (χ1) is 3.27. The fourth-order valence-corrected chi connectivity index (χ4v) is 0.163. The van der Waals surface area contributed by atoms with Crippen LogP contribution in [0.3, 0.4) is 0 Å². The number of rotatable bonds is 2. The molecule has 0 fully saturated rings. The van der Waals surface area contributed by atoms with E-state index in [1.165, 1.54) is 0 Å². The minimum Gasteiger partial charge on any atom is -0.483 e. The molecule has 0 bridgehead atoms. The van der Waals surface area contributed by atoms with Crippen molar-refractivity contribution in [2.75, 3.05) is 0 Å². The van der Waals surface area contributed by atoms with Crippen molar-refractivity contribution in [1.82, 2.24) is 0 Å². The van der Waals surface area contributed by atoms with Gasteiger partial charge < -0.3 is 15.9 Å². The summed E-state index contributed by atoms with van der Waals surface area (Å²) in [6, 6.07) is 0. The van der Waals surface area contributed by atoms with E-state index in [2.05, 4.69) is 10.7 Å². The van der Waals surface area contributed by atoms with E-state index in [0.29, 0.717) is 5.92 Å². The summed E-state index contributed by atoms with van der Waals surface area (Å²) in [4.78, 5) is 0. The van der Waals surface area contributed by atoms with Crippen molar-refractivity contribution < 1.29 is 56.6 Å². The summed E-state index contributed by atoms with van der Waals surface area (Å²) < 4.78 is 0. The Labute approximate surface area is 91.9 Å². The van der Waals surface area contributed by atoms with Gasteiger partial charge in [0.15, 0.2) is 0 Å². The Kier molecular flexibility index (Phi) is 11.9. The van der Waals surface area contributed by atoms with Gasteiger partial charge in [0.2, 0.25) is 0 Å². The molecule has 0 rings (SSSR count). The molecule has 42 valence electrons. The number of hydrogen-bond donors (Lipinski definition) is 1. The Morgan fingerprint density at radius 2 is 2.12 bits per heavy atom. The molecule has 0 saturated carbocycles. The van der Waals surface area contributed by atoms with E-state index < -0.39 is 0 Å². The molecule has 0 atom stereocenters. The molecule has 0 aliphatic carbocycles. The first kappa shape index (κ1) is 11.8. The van der Waals surface area contributed by atoms with Gasteiger partial charge in [-0.25, -0.2) is 0 Å². The van der Waals surface area contributed by atoms with Crippen LogP contribution in [0.1, 0.15) is 13.8 Å². The average Bonchev–Trinajstić information content (AvgIpc) is 1.61. The normalized spacial score (nSPS) is 9.50. The van der Waals surface area contributed by atoms with Gasteiger partial charge >= 0.3 is 51.4 Å². The molecule has 0 heterocycles. The monoisotopic (exact) mass is 140 g/mol. The molecule has 0 aliphatic heterocycles. The van der Waals surface area contributed by atoms with Crippen LogP contribution in [0.4, 0.5) is 0 Å². The summed E-state index contributed by atoms with van der Waals surface area (Å²) in [5, 5.41) is 11.0. The molecule has 0 aromatic carbocycles. The van der Waals surface area contributed by atoms with Gasteiger partial charge in [-0.1, -0.05) is 13.8 Å². The SMILES string of the molecule is CC(C)/C=N/[N-]O.[K+].